The summed E-state index contributed by atoms with van der Waals surface area (Å²) in [7, 11) is 0. The summed E-state index contributed by atoms with van der Waals surface area (Å²) in [6.45, 7) is 9.98. The molecule has 0 fully saturated rings. The van der Waals surface area contributed by atoms with Gasteiger partial charge < -0.3 is 19.9 Å². The fraction of sp³-hybridized carbons (Fsp3) is 0.600. The molecule has 1 aromatic carbocycles. The van der Waals surface area contributed by atoms with Gasteiger partial charge in [0.2, 0.25) is 0 Å². The van der Waals surface area contributed by atoms with Crippen LogP contribution in [0.5, 0.6) is 11.5 Å². The summed E-state index contributed by atoms with van der Waals surface area (Å²) in [5.74, 6) is 1.62. The van der Waals surface area contributed by atoms with E-state index in [1.165, 1.54) is 0 Å². The summed E-state index contributed by atoms with van der Waals surface area (Å²) in [6, 6.07) is 5.74. The zero-order valence-electron chi connectivity index (χ0n) is 12.3. The quantitative estimate of drug-likeness (QED) is 0.760. The van der Waals surface area contributed by atoms with Crippen LogP contribution in [0.3, 0.4) is 0 Å². The Morgan fingerprint density at radius 2 is 1.84 bits per heavy atom. The van der Waals surface area contributed by atoms with Gasteiger partial charge in [-0.3, -0.25) is 0 Å². The maximum absolute atomic E-state index is 9.29. The summed E-state index contributed by atoms with van der Waals surface area (Å²) in [4.78, 5) is 0. The number of anilines is 1. The average Bonchev–Trinajstić information content (AvgIpc) is 2.39. The summed E-state index contributed by atoms with van der Waals surface area (Å²) in [6.07, 6.45) is 0. The highest BCUT2D eigenvalue weighted by Gasteiger charge is 2.17. The molecule has 0 aromatic heterocycles. The number of hydrogen-bond acceptors (Lipinski definition) is 4. The Morgan fingerprint density at radius 1 is 1.16 bits per heavy atom. The average molecular weight is 267 g/mol. The van der Waals surface area contributed by atoms with E-state index in [0.29, 0.717) is 19.8 Å². The highest BCUT2D eigenvalue weighted by atomic mass is 16.5. The van der Waals surface area contributed by atoms with Crippen molar-refractivity contribution in [3.63, 3.8) is 0 Å². The van der Waals surface area contributed by atoms with Crippen LogP contribution in [0, 0.1) is 5.41 Å². The van der Waals surface area contributed by atoms with Crippen LogP contribution >= 0.6 is 0 Å². The Morgan fingerprint density at radius 3 is 2.42 bits per heavy atom. The van der Waals surface area contributed by atoms with E-state index in [0.717, 1.165) is 17.2 Å². The Bertz CT molecular complexity index is 391. The second-order valence-corrected chi connectivity index (χ2v) is 5.20. The maximum Gasteiger partial charge on any atom is 0.142 e. The molecule has 0 saturated carbocycles. The molecule has 0 aliphatic carbocycles. The van der Waals surface area contributed by atoms with Gasteiger partial charge in [0.05, 0.1) is 18.9 Å². The number of ether oxygens (including phenoxy) is 2. The zero-order valence-corrected chi connectivity index (χ0v) is 12.3. The Kier molecular flexibility index (Phi) is 5.96. The molecule has 0 unspecified atom stereocenters. The van der Waals surface area contributed by atoms with Crippen LogP contribution < -0.4 is 14.8 Å². The summed E-state index contributed by atoms with van der Waals surface area (Å²) < 4.78 is 11.1. The third-order valence-corrected chi connectivity index (χ3v) is 2.75. The fourth-order valence-corrected chi connectivity index (χ4v) is 1.58. The summed E-state index contributed by atoms with van der Waals surface area (Å²) in [5.41, 5.74) is 0.722. The van der Waals surface area contributed by atoms with Crippen LogP contribution in [0.4, 0.5) is 5.69 Å². The molecule has 0 saturated heterocycles. The molecule has 1 rings (SSSR count). The van der Waals surface area contributed by atoms with E-state index in [1.807, 2.05) is 45.9 Å². The van der Waals surface area contributed by atoms with E-state index in [1.54, 1.807) is 0 Å². The van der Waals surface area contributed by atoms with Crippen molar-refractivity contribution in [2.45, 2.75) is 27.7 Å². The molecule has 0 aliphatic heterocycles. The van der Waals surface area contributed by atoms with Gasteiger partial charge in [-0.05, 0) is 26.0 Å². The van der Waals surface area contributed by atoms with Crippen molar-refractivity contribution in [2.24, 2.45) is 5.41 Å². The first-order valence-corrected chi connectivity index (χ1v) is 6.76. The fourth-order valence-electron chi connectivity index (χ4n) is 1.58. The highest BCUT2D eigenvalue weighted by molar-refractivity contribution is 5.59. The lowest BCUT2D eigenvalue weighted by Crippen LogP contribution is -2.27. The van der Waals surface area contributed by atoms with Crippen molar-refractivity contribution in [3.05, 3.63) is 18.2 Å². The van der Waals surface area contributed by atoms with Crippen LogP contribution in [0.15, 0.2) is 18.2 Å². The molecule has 0 atom stereocenters. The minimum atomic E-state index is -0.175. The number of aliphatic hydroxyl groups is 1. The van der Waals surface area contributed by atoms with Crippen LogP contribution in [0.25, 0.3) is 0 Å². The molecule has 2 N–H and O–H groups in total. The first kappa shape index (κ1) is 15.6. The van der Waals surface area contributed by atoms with Crippen molar-refractivity contribution >= 4 is 5.69 Å². The van der Waals surface area contributed by atoms with Crippen LogP contribution in [0.1, 0.15) is 27.7 Å². The summed E-state index contributed by atoms with van der Waals surface area (Å²) in [5, 5.41) is 12.6. The molecule has 0 aliphatic rings. The normalized spacial score (nSPS) is 11.2. The third-order valence-electron chi connectivity index (χ3n) is 2.75. The molecule has 0 heterocycles. The van der Waals surface area contributed by atoms with Crippen LogP contribution in [0.2, 0.25) is 0 Å². The summed E-state index contributed by atoms with van der Waals surface area (Å²) >= 11 is 0. The third kappa shape index (κ3) is 4.99. The molecule has 4 heteroatoms. The van der Waals surface area contributed by atoms with Crippen molar-refractivity contribution in [3.8, 4) is 11.5 Å². The van der Waals surface area contributed by atoms with Crippen molar-refractivity contribution in [1.82, 2.24) is 0 Å². The van der Waals surface area contributed by atoms with Gasteiger partial charge in [0.15, 0.2) is 0 Å². The molecule has 1 aromatic rings. The van der Waals surface area contributed by atoms with E-state index in [-0.39, 0.29) is 12.0 Å². The molecule has 0 bridgehead atoms. The Hall–Kier alpha value is -1.42. The number of benzene rings is 1. The van der Waals surface area contributed by atoms with E-state index in [4.69, 9.17) is 9.47 Å². The van der Waals surface area contributed by atoms with Gasteiger partial charge in [0, 0.05) is 24.6 Å². The van der Waals surface area contributed by atoms with Gasteiger partial charge in [-0.2, -0.15) is 0 Å². The van der Waals surface area contributed by atoms with Crippen LogP contribution in [-0.4, -0.2) is 31.5 Å². The van der Waals surface area contributed by atoms with E-state index < -0.39 is 0 Å². The molecular formula is C15H25NO3. The van der Waals surface area contributed by atoms with Gasteiger partial charge >= 0.3 is 0 Å². The van der Waals surface area contributed by atoms with Gasteiger partial charge in [0.25, 0.3) is 0 Å². The van der Waals surface area contributed by atoms with E-state index in [9.17, 15) is 5.11 Å². The van der Waals surface area contributed by atoms with E-state index >= 15 is 0 Å². The monoisotopic (exact) mass is 267 g/mol. The smallest absolute Gasteiger partial charge is 0.142 e. The van der Waals surface area contributed by atoms with Gasteiger partial charge in [-0.1, -0.05) is 13.8 Å². The zero-order chi connectivity index (χ0) is 14.3. The van der Waals surface area contributed by atoms with Crippen molar-refractivity contribution < 1.29 is 14.6 Å². The predicted octanol–water partition coefficient (Wildman–Crippen LogP) is 2.91. The molecule has 108 valence electrons. The standard InChI is InChI=1S/C15H25NO3/c1-5-18-12-7-8-14(19-6-2)13(9-12)16-10-15(3,4)11-17/h7-9,16-17H,5-6,10-11H2,1-4H3. The van der Waals surface area contributed by atoms with Gasteiger partial charge in [-0.15, -0.1) is 0 Å². The highest BCUT2D eigenvalue weighted by Crippen LogP contribution is 2.30. The predicted molar refractivity (Wildman–Crippen MR) is 78.1 cm³/mol. The Balaban J connectivity index is 2.84. The topological polar surface area (TPSA) is 50.7 Å². The minimum absolute atomic E-state index is 0.134. The number of nitrogens with one attached hydrogen (secondary N) is 1. The molecule has 0 amide bonds. The first-order valence-electron chi connectivity index (χ1n) is 6.76. The Labute approximate surface area is 115 Å². The number of aliphatic hydroxyl groups excluding tert-OH is 1. The van der Waals surface area contributed by atoms with Crippen molar-refractivity contribution in [1.29, 1.82) is 0 Å². The second-order valence-electron chi connectivity index (χ2n) is 5.20. The molecule has 0 spiro atoms. The molecular weight excluding hydrogens is 242 g/mol. The molecule has 19 heavy (non-hydrogen) atoms. The first-order chi connectivity index (χ1) is 9.02. The largest absolute Gasteiger partial charge is 0.494 e. The lowest BCUT2D eigenvalue weighted by Gasteiger charge is -2.23. The number of rotatable bonds is 8. The SMILES string of the molecule is CCOc1ccc(OCC)c(NCC(C)(C)CO)c1. The maximum atomic E-state index is 9.29. The number of hydrogen-bond donors (Lipinski definition) is 2. The van der Waals surface area contributed by atoms with Gasteiger partial charge in [-0.25, -0.2) is 0 Å². The van der Waals surface area contributed by atoms with E-state index in [2.05, 4.69) is 5.32 Å². The van der Waals surface area contributed by atoms with Crippen LogP contribution in [-0.2, 0) is 0 Å². The minimum Gasteiger partial charge on any atom is -0.494 e. The molecule has 0 radical (unpaired) electrons. The van der Waals surface area contributed by atoms with Crippen molar-refractivity contribution in [2.75, 3.05) is 31.7 Å². The molecule has 4 nitrogen and oxygen atoms in total. The lowest BCUT2D eigenvalue weighted by molar-refractivity contribution is 0.170. The second kappa shape index (κ2) is 7.24. The lowest BCUT2D eigenvalue weighted by atomic mass is 9.95. The van der Waals surface area contributed by atoms with Gasteiger partial charge in [0.1, 0.15) is 11.5 Å².